The Morgan fingerprint density at radius 3 is 2.71 bits per heavy atom. The summed E-state index contributed by atoms with van der Waals surface area (Å²) in [5.41, 5.74) is 5.83. The second-order valence-electron chi connectivity index (χ2n) is 3.46. The Balaban J connectivity index is 2.36. The van der Waals surface area contributed by atoms with Crippen LogP contribution in [-0.2, 0) is 4.74 Å². The van der Waals surface area contributed by atoms with E-state index in [0.717, 1.165) is 6.20 Å². The van der Waals surface area contributed by atoms with Gasteiger partial charge in [0.25, 0.3) is 0 Å². The number of rotatable bonds is 5. The maximum Gasteiger partial charge on any atom is 0.411 e. The van der Waals surface area contributed by atoms with Gasteiger partial charge in [0.1, 0.15) is 12.4 Å². The van der Waals surface area contributed by atoms with E-state index in [1.165, 1.54) is 12.3 Å². The average Bonchev–Trinajstić information content (AvgIpc) is 2.23. The smallest absolute Gasteiger partial charge is 0.372 e. The highest BCUT2D eigenvalue weighted by Gasteiger charge is 2.27. The van der Waals surface area contributed by atoms with Gasteiger partial charge >= 0.3 is 6.18 Å². The zero-order valence-electron chi connectivity index (χ0n) is 8.88. The highest BCUT2D eigenvalue weighted by Crippen LogP contribution is 2.18. The normalized spacial score (nSPS) is 13.7. The third kappa shape index (κ3) is 5.10. The van der Waals surface area contributed by atoms with E-state index >= 15 is 0 Å². The van der Waals surface area contributed by atoms with Crippen LogP contribution in [0.2, 0.25) is 0 Å². The topological polar surface area (TPSA) is 48.1 Å². The number of alkyl halides is 3. The number of hydrogen-bond acceptors (Lipinski definition) is 3. The lowest BCUT2D eigenvalue weighted by Gasteiger charge is -2.13. The van der Waals surface area contributed by atoms with E-state index in [1.807, 2.05) is 0 Å². The molecule has 7 heteroatoms. The Labute approximate surface area is 95.6 Å². The number of ether oxygens (including phenoxy) is 1. The molecule has 0 bridgehead atoms. The second kappa shape index (κ2) is 5.92. The van der Waals surface area contributed by atoms with Crippen molar-refractivity contribution in [3.8, 4) is 0 Å². The van der Waals surface area contributed by atoms with Crippen LogP contribution in [0.5, 0.6) is 0 Å². The van der Waals surface area contributed by atoms with Crippen LogP contribution in [0.25, 0.3) is 0 Å². The van der Waals surface area contributed by atoms with Gasteiger partial charge in [0.2, 0.25) is 0 Å². The van der Waals surface area contributed by atoms with Crippen molar-refractivity contribution >= 4 is 0 Å². The Morgan fingerprint density at radius 2 is 2.12 bits per heavy atom. The molecule has 0 saturated heterocycles. The van der Waals surface area contributed by atoms with Crippen LogP contribution in [-0.4, -0.2) is 24.4 Å². The largest absolute Gasteiger partial charge is 0.411 e. The predicted octanol–water partition coefficient (Wildman–Crippen LogP) is 2.19. The molecule has 0 saturated carbocycles. The second-order valence-corrected chi connectivity index (χ2v) is 3.46. The Hall–Kier alpha value is -1.21. The van der Waals surface area contributed by atoms with E-state index in [1.54, 1.807) is 0 Å². The maximum atomic E-state index is 13.2. The molecular weight excluding hydrogens is 240 g/mol. The molecule has 96 valence electrons. The van der Waals surface area contributed by atoms with Gasteiger partial charge in [0.05, 0.1) is 6.20 Å². The minimum absolute atomic E-state index is 0.108. The fourth-order valence-electron chi connectivity index (χ4n) is 1.24. The third-order valence-electron chi connectivity index (χ3n) is 2.04. The SMILES string of the molecule is NC(CCOCC(F)(F)F)c1ccncc1F. The summed E-state index contributed by atoms with van der Waals surface area (Å²) in [6, 6.07) is 0.690. The van der Waals surface area contributed by atoms with E-state index in [9.17, 15) is 17.6 Å². The summed E-state index contributed by atoms with van der Waals surface area (Å²) in [5, 5.41) is 0. The van der Waals surface area contributed by atoms with Crippen molar-refractivity contribution in [3.05, 3.63) is 29.8 Å². The molecule has 3 nitrogen and oxygen atoms in total. The predicted molar refractivity (Wildman–Crippen MR) is 52.6 cm³/mol. The molecule has 1 unspecified atom stereocenters. The summed E-state index contributed by atoms with van der Waals surface area (Å²) in [4.78, 5) is 3.55. The van der Waals surface area contributed by atoms with Gasteiger partial charge in [-0.05, 0) is 12.5 Å². The molecule has 1 atom stereocenters. The molecular formula is C10H12F4N2O. The maximum absolute atomic E-state index is 13.2. The summed E-state index contributed by atoms with van der Waals surface area (Å²) < 4.78 is 52.8. The summed E-state index contributed by atoms with van der Waals surface area (Å²) in [6.07, 6.45) is -1.87. The minimum Gasteiger partial charge on any atom is -0.372 e. The van der Waals surface area contributed by atoms with E-state index in [2.05, 4.69) is 9.72 Å². The first-order chi connectivity index (χ1) is 7.90. The Bertz CT molecular complexity index is 356. The van der Waals surface area contributed by atoms with Crippen LogP contribution in [0.4, 0.5) is 17.6 Å². The van der Waals surface area contributed by atoms with Crippen LogP contribution in [0, 0.1) is 5.82 Å². The van der Waals surface area contributed by atoms with Crippen LogP contribution in [0.15, 0.2) is 18.5 Å². The van der Waals surface area contributed by atoms with Gasteiger partial charge in [0.15, 0.2) is 0 Å². The molecule has 1 aromatic heterocycles. The van der Waals surface area contributed by atoms with Crippen molar-refractivity contribution < 1.29 is 22.3 Å². The minimum atomic E-state index is -4.36. The van der Waals surface area contributed by atoms with Gasteiger partial charge in [0, 0.05) is 24.4 Å². The molecule has 0 aliphatic rings. The number of aromatic nitrogens is 1. The number of halogens is 4. The lowest BCUT2D eigenvalue weighted by atomic mass is 10.1. The molecule has 2 N–H and O–H groups in total. The Kier molecular flexibility index (Phi) is 4.83. The molecule has 0 aliphatic heterocycles. The van der Waals surface area contributed by atoms with E-state index in [0.29, 0.717) is 0 Å². The van der Waals surface area contributed by atoms with Gasteiger partial charge in [-0.2, -0.15) is 13.2 Å². The molecule has 0 amide bonds. The first-order valence-electron chi connectivity index (χ1n) is 4.89. The van der Waals surface area contributed by atoms with Crippen LogP contribution in [0.3, 0.4) is 0 Å². The standard InChI is InChI=1S/C10H12F4N2O/c11-8-5-16-3-1-7(8)9(15)2-4-17-6-10(12,13)14/h1,3,5,9H,2,4,6,15H2. The van der Waals surface area contributed by atoms with Gasteiger partial charge in [-0.1, -0.05) is 0 Å². The number of pyridine rings is 1. The quantitative estimate of drug-likeness (QED) is 0.645. The van der Waals surface area contributed by atoms with Crippen molar-refractivity contribution in [2.45, 2.75) is 18.6 Å². The lowest BCUT2D eigenvalue weighted by Crippen LogP contribution is -2.20. The lowest BCUT2D eigenvalue weighted by molar-refractivity contribution is -0.174. The van der Waals surface area contributed by atoms with E-state index in [4.69, 9.17) is 5.73 Å². The molecule has 1 aromatic rings. The highest BCUT2D eigenvalue weighted by atomic mass is 19.4. The third-order valence-corrected chi connectivity index (χ3v) is 2.04. The summed E-state index contributed by atoms with van der Waals surface area (Å²) in [7, 11) is 0. The van der Waals surface area contributed by atoms with Crippen molar-refractivity contribution in [1.82, 2.24) is 4.98 Å². The van der Waals surface area contributed by atoms with Gasteiger partial charge < -0.3 is 10.5 Å². The molecule has 1 heterocycles. The molecule has 0 aromatic carbocycles. The first kappa shape index (κ1) is 13.9. The van der Waals surface area contributed by atoms with Crippen molar-refractivity contribution in [2.24, 2.45) is 5.73 Å². The molecule has 0 spiro atoms. The zero-order valence-corrected chi connectivity index (χ0v) is 8.88. The Morgan fingerprint density at radius 1 is 1.41 bits per heavy atom. The fourth-order valence-corrected chi connectivity index (χ4v) is 1.24. The fraction of sp³-hybridized carbons (Fsp3) is 0.500. The van der Waals surface area contributed by atoms with Gasteiger partial charge in [-0.15, -0.1) is 0 Å². The zero-order chi connectivity index (χ0) is 12.9. The van der Waals surface area contributed by atoms with E-state index in [-0.39, 0.29) is 18.6 Å². The highest BCUT2D eigenvalue weighted by molar-refractivity contribution is 5.16. The number of nitrogens with two attached hydrogens (primary N) is 1. The first-order valence-corrected chi connectivity index (χ1v) is 4.89. The van der Waals surface area contributed by atoms with Crippen molar-refractivity contribution in [1.29, 1.82) is 0 Å². The van der Waals surface area contributed by atoms with Gasteiger partial charge in [-0.3, -0.25) is 4.98 Å². The van der Waals surface area contributed by atoms with Gasteiger partial charge in [-0.25, -0.2) is 4.39 Å². The van der Waals surface area contributed by atoms with Crippen LogP contribution >= 0.6 is 0 Å². The molecule has 0 radical (unpaired) electrons. The average molecular weight is 252 g/mol. The molecule has 0 fully saturated rings. The summed E-state index contributed by atoms with van der Waals surface area (Å²) in [6.45, 7) is -1.50. The summed E-state index contributed by atoms with van der Waals surface area (Å²) >= 11 is 0. The molecule has 0 aliphatic carbocycles. The number of hydrogen-bond donors (Lipinski definition) is 1. The monoisotopic (exact) mass is 252 g/mol. The van der Waals surface area contributed by atoms with E-state index < -0.39 is 24.6 Å². The van der Waals surface area contributed by atoms with Crippen molar-refractivity contribution in [3.63, 3.8) is 0 Å². The molecule has 17 heavy (non-hydrogen) atoms. The summed E-state index contributed by atoms with van der Waals surface area (Å²) in [5.74, 6) is -0.573. The van der Waals surface area contributed by atoms with Crippen LogP contribution < -0.4 is 5.73 Å². The van der Waals surface area contributed by atoms with Crippen LogP contribution in [0.1, 0.15) is 18.0 Å². The van der Waals surface area contributed by atoms with Crippen molar-refractivity contribution in [2.75, 3.05) is 13.2 Å². The number of nitrogens with zero attached hydrogens (tertiary/aromatic N) is 1. The molecule has 1 rings (SSSR count).